The van der Waals surface area contributed by atoms with Crippen molar-refractivity contribution in [3.63, 3.8) is 0 Å². The number of rotatable bonds is 9. The molecule has 30 heavy (non-hydrogen) atoms. The number of thioether (sulfide) groups is 1. The van der Waals surface area contributed by atoms with Crippen molar-refractivity contribution < 1.29 is 4.79 Å². The average Bonchev–Trinajstić information content (AvgIpc) is 3.16. The Morgan fingerprint density at radius 2 is 2.03 bits per heavy atom. The van der Waals surface area contributed by atoms with Gasteiger partial charge in [0.15, 0.2) is 11.0 Å². The van der Waals surface area contributed by atoms with E-state index in [1.54, 1.807) is 0 Å². The molecule has 1 unspecified atom stereocenters. The van der Waals surface area contributed by atoms with Crippen LogP contribution in [0.15, 0.2) is 41.1 Å². The van der Waals surface area contributed by atoms with Gasteiger partial charge in [0, 0.05) is 17.3 Å². The highest BCUT2D eigenvalue weighted by Crippen LogP contribution is 2.27. The predicted molar refractivity (Wildman–Crippen MR) is 123 cm³/mol. The van der Waals surface area contributed by atoms with Gasteiger partial charge >= 0.3 is 0 Å². The molecule has 0 saturated carbocycles. The van der Waals surface area contributed by atoms with E-state index in [1.165, 1.54) is 43.0 Å². The molecule has 0 bridgehead atoms. The van der Waals surface area contributed by atoms with E-state index in [9.17, 15) is 4.79 Å². The van der Waals surface area contributed by atoms with Gasteiger partial charge in [-0.1, -0.05) is 35.0 Å². The van der Waals surface area contributed by atoms with Crippen molar-refractivity contribution in [1.82, 2.24) is 25.0 Å². The van der Waals surface area contributed by atoms with E-state index in [0.717, 1.165) is 17.9 Å². The summed E-state index contributed by atoms with van der Waals surface area (Å²) in [6.07, 6.45) is 8.17. The third kappa shape index (κ3) is 6.09. The van der Waals surface area contributed by atoms with Gasteiger partial charge in [0.05, 0.1) is 11.8 Å². The molecule has 0 spiro atoms. The topological polar surface area (TPSA) is 63.1 Å². The van der Waals surface area contributed by atoms with E-state index in [-0.39, 0.29) is 11.9 Å². The number of hydrogen-bond acceptors (Lipinski definition) is 5. The van der Waals surface area contributed by atoms with Gasteiger partial charge in [-0.05, 0) is 77.4 Å². The number of nitrogens with one attached hydrogen (secondary N) is 1. The van der Waals surface area contributed by atoms with Crippen molar-refractivity contribution >= 4 is 29.3 Å². The highest BCUT2D eigenvalue weighted by atomic mass is 35.5. The molecule has 1 atom stereocenters. The van der Waals surface area contributed by atoms with E-state index in [4.69, 9.17) is 11.6 Å². The Labute approximate surface area is 188 Å². The minimum absolute atomic E-state index is 0.0178. The number of carbonyl (C=O) groups is 1. The highest BCUT2D eigenvalue weighted by molar-refractivity contribution is 7.99. The van der Waals surface area contributed by atoms with Gasteiger partial charge < -0.3 is 5.32 Å². The lowest BCUT2D eigenvalue weighted by Crippen LogP contribution is -2.26. The fourth-order valence-electron chi connectivity index (χ4n) is 3.38. The van der Waals surface area contributed by atoms with Gasteiger partial charge in [-0.15, -0.1) is 10.2 Å². The van der Waals surface area contributed by atoms with E-state index >= 15 is 0 Å². The fraction of sp³-hybridized carbons (Fsp3) is 0.500. The highest BCUT2D eigenvalue weighted by Gasteiger charge is 2.21. The SMILES string of the molecule is CC(c1nnc(SCC(=O)NCCC2=CCCCC2)n1-c1ccc(Cl)cc1)N(C)C. The van der Waals surface area contributed by atoms with Gasteiger partial charge in [-0.3, -0.25) is 14.3 Å². The maximum Gasteiger partial charge on any atom is 0.230 e. The molecule has 1 amide bonds. The number of amides is 1. The fourth-order valence-corrected chi connectivity index (χ4v) is 4.30. The second-order valence-electron chi connectivity index (χ2n) is 7.79. The normalized spacial score (nSPS) is 15.2. The zero-order valence-corrected chi connectivity index (χ0v) is 19.5. The summed E-state index contributed by atoms with van der Waals surface area (Å²) in [5.74, 6) is 1.15. The minimum Gasteiger partial charge on any atom is -0.355 e. The van der Waals surface area contributed by atoms with Crippen LogP contribution in [0.2, 0.25) is 5.02 Å². The summed E-state index contributed by atoms with van der Waals surface area (Å²) in [6, 6.07) is 7.66. The minimum atomic E-state index is 0.0178. The molecular weight excluding hydrogens is 418 g/mol. The van der Waals surface area contributed by atoms with Gasteiger partial charge in [-0.25, -0.2) is 0 Å². The molecular formula is C22H30ClN5OS. The summed E-state index contributed by atoms with van der Waals surface area (Å²) >= 11 is 7.46. The van der Waals surface area contributed by atoms with Crippen molar-refractivity contribution in [3.8, 4) is 5.69 Å². The summed E-state index contributed by atoms with van der Waals surface area (Å²) in [5.41, 5.74) is 2.40. The maximum absolute atomic E-state index is 12.4. The Kier molecular flexibility index (Phi) is 8.36. The van der Waals surface area contributed by atoms with Gasteiger partial charge in [0.1, 0.15) is 0 Å². The largest absolute Gasteiger partial charge is 0.355 e. The lowest BCUT2D eigenvalue weighted by Gasteiger charge is -2.20. The summed E-state index contributed by atoms with van der Waals surface area (Å²) in [6.45, 7) is 2.77. The number of nitrogens with zero attached hydrogens (tertiary/aromatic N) is 4. The Hall–Kier alpha value is -1.83. The van der Waals surface area contributed by atoms with Crippen molar-refractivity contribution in [3.05, 3.63) is 46.8 Å². The summed E-state index contributed by atoms with van der Waals surface area (Å²) in [7, 11) is 4.02. The molecule has 1 aromatic heterocycles. The number of halogens is 1. The summed E-state index contributed by atoms with van der Waals surface area (Å²) in [4.78, 5) is 14.4. The lowest BCUT2D eigenvalue weighted by molar-refractivity contribution is -0.118. The monoisotopic (exact) mass is 447 g/mol. The van der Waals surface area contributed by atoms with Gasteiger partial charge in [0.2, 0.25) is 5.91 Å². The van der Waals surface area contributed by atoms with Crippen molar-refractivity contribution in [2.24, 2.45) is 0 Å². The predicted octanol–water partition coefficient (Wildman–Crippen LogP) is 4.64. The van der Waals surface area contributed by atoms with E-state index < -0.39 is 0 Å². The lowest BCUT2D eigenvalue weighted by atomic mass is 9.97. The van der Waals surface area contributed by atoms with Crippen LogP contribution in [0.5, 0.6) is 0 Å². The van der Waals surface area contributed by atoms with Crippen LogP contribution in [-0.2, 0) is 4.79 Å². The number of carbonyl (C=O) groups excluding carboxylic acids is 1. The first-order chi connectivity index (χ1) is 14.5. The van der Waals surface area contributed by atoms with Crippen LogP contribution in [0.1, 0.15) is 50.9 Å². The zero-order chi connectivity index (χ0) is 21.5. The van der Waals surface area contributed by atoms with Crippen LogP contribution in [0, 0.1) is 0 Å². The molecule has 1 heterocycles. The molecule has 3 rings (SSSR count). The quantitative estimate of drug-likeness (QED) is 0.448. The van der Waals surface area contributed by atoms with Crippen LogP contribution in [-0.4, -0.2) is 52.0 Å². The van der Waals surface area contributed by atoms with Crippen LogP contribution in [0.4, 0.5) is 0 Å². The van der Waals surface area contributed by atoms with Crippen molar-refractivity contribution in [1.29, 1.82) is 0 Å². The first-order valence-electron chi connectivity index (χ1n) is 10.4. The molecule has 162 valence electrons. The number of allylic oxidation sites excluding steroid dienone is 1. The van der Waals surface area contributed by atoms with Crippen LogP contribution in [0.3, 0.4) is 0 Å². The maximum atomic E-state index is 12.4. The summed E-state index contributed by atoms with van der Waals surface area (Å²) < 4.78 is 2.01. The third-order valence-corrected chi connectivity index (χ3v) is 6.56. The first kappa shape index (κ1) is 22.8. The molecule has 2 aromatic rings. The van der Waals surface area contributed by atoms with Crippen LogP contribution < -0.4 is 5.32 Å². The zero-order valence-electron chi connectivity index (χ0n) is 17.9. The second-order valence-corrected chi connectivity index (χ2v) is 9.17. The van der Waals surface area contributed by atoms with Crippen molar-refractivity contribution in [2.75, 3.05) is 26.4 Å². The molecule has 0 radical (unpaired) electrons. The van der Waals surface area contributed by atoms with Gasteiger partial charge in [0.25, 0.3) is 0 Å². The molecule has 1 N–H and O–H groups in total. The molecule has 1 aliphatic carbocycles. The van der Waals surface area contributed by atoms with Crippen LogP contribution >= 0.6 is 23.4 Å². The van der Waals surface area contributed by atoms with E-state index in [1.807, 2.05) is 42.9 Å². The van der Waals surface area contributed by atoms with Crippen molar-refractivity contribution in [2.45, 2.75) is 50.2 Å². The molecule has 6 nitrogen and oxygen atoms in total. The molecule has 0 saturated heterocycles. The molecule has 1 aliphatic rings. The summed E-state index contributed by atoms with van der Waals surface area (Å²) in [5, 5.41) is 13.2. The molecule has 1 aromatic carbocycles. The smallest absolute Gasteiger partial charge is 0.230 e. The second kappa shape index (κ2) is 11.0. The van der Waals surface area contributed by atoms with Crippen LogP contribution in [0.25, 0.3) is 5.69 Å². The van der Waals surface area contributed by atoms with E-state index in [2.05, 4.69) is 33.4 Å². The number of benzene rings is 1. The standard InChI is InChI=1S/C22H30ClN5OS/c1-16(27(2)3)21-25-26-22(28(21)19-11-9-18(23)10-12-19)30-15-20(29)24-14-13-17-7-5-4-6-8-17/h7,9-12,16H,4-6,8,13-15H2,1-3H3,(H,24,29). The Morgan fingerprint density at radius 3 is 2.70 bits per heavy atom. The third-order valence-electron chi connectivity index (χ3n) is 5.38. The first-order valence-corrected chi connectivity index (χ1v) is 11.8. The molecule has 0 aliphatic heterocycles. The van der Waals surface area contributed by atoms with E-state index in [0.29, 0.717) is 22.5 Å². The Bertz CT molecular complexity index is 878. The van der Waals surface area contributed by atoms with Gasteiger partial charge in [-0.2, -0.15) is 0 Å². The number of aromatic nitrogens is 3. The Morgan fingerprint density at radius 1 is 1.27 bits per heavy atom. The number of hydrogen-bond donors (Lipinski definition) is 1. The molecule has 0 fully saturated rings. The average molecular weight is 448 g/mol. The molecule has 8 heteroatoms. The Balaban J connectivity index is 1.65.